The van der Waals surface area contributed by atoms with E-state index in [0.29, 0.717) is 0 Å². The summed E-state index contributed by atoms with van der Waals surface area (Å²) >= 11 is 3.21. The van der Waals surface area contributed by atoms with Gasteiger partial charge in [0.2, 0.25) is 0 Å². The molecule has 0 unspecified atom stereocenters. The van der Waals surface area contributed by atoms with E-state index in [9.17, 15) is 0 Å². The van der Waals surface area contributed by atoms with Crippen LogP contribution in [-0.4, -0.2) is 15.4 Å². The molecule has 0 amide bonds. The molecule has 0 saturated carbocycles. The largest absolute Gasteiger partial charge is 0.360 e. The summed E-state index contributed by atoms with van der Waals surface area (Å²) in [5, 5.41) is 12.7. The monoisotopic (exact) mass is 227 g/mol. The van der Waals surface area contributed by atoms with Crippen LogP contribution in [0.25, 0.3) is 0 Å². The van der Waals surface area contributed by atoms with Crippen molar-refractivity contribution in [1.82, 2.24) is 15.4 Å². The molecule has 0 radical (unpaired) electrons. The number of hydrogen-bond donors (Lipinski definition) is 0. The lowest BCUT2D eigenvalue weighted by atomic mass is 10.4. The molecule has 0 fully saturated rings. The summed E-state index contributed by atoms with van der Waals surface area (Å²) in [6.07, 6.45) is 0. The summed E-state index contributed by atoms with van der Waals surface area (Å²) in [4.78, 5) is 0. The molecule has 0 aliphatic rings. The molecule has 2 rings (SSSR count). The van der Waals surface area contributed by atoms with Gasteiger partial charge < -0.3 is 4.52 Å². The minimum absolute atomic E-state index is 0.759. The summed E-state index contributed by atoms with van der Waals surface area (Å²) in [7, 11) is 0. The average Bonchev–Trinajstić information content (AvgIpc) is 2.72. The highest BCUT2D eigenvalue weighted by molar-refractivity contribution is 8.00. The first-order valence-corrected chi connectivity index (χ1v) is 5.89. The predicted octanol–water partition coefficient (Wildman–Crippen LogP) is 2.44. The van der Waals surface area contributed by atoms with Gasteiger partial charge in [0, 0.05) is 6.07 Å². The molecule has 6 heteroatoms. The Hall–Kier alpha value is -0.880. The van der Waals surface area contributed by atoms with Crippen LogP contribution in [0, 0.1) is 13.8 Å². The van der Waals surface area contributed by atoms with Crippen molar-refractivity contribution in [3.05, 3.63) is 22.5 Å². The fraction of sp³-hybridized carbons (Fsp3) is 0.375. The second-order valence-corrected chi connectivity index (χ2v) is 5.21. The average molecular weight is 227 g/mol. The lowest BCUT2D eigenvalue weighted by molar-refractivity contribution is 0.391. The van der Waals surface area contributed by atoms with Gasteiger partial charge in [-0.25, -0.2) is 0 Å². The first-order valence-electron chi connectivity index (χ1n) is 4.09. The van der Waals surface area contributed by atoms with E-state index in [2.05, 4.69) is 15.4 Å². The summed E-state index contributed by atoms with van der Waals surface area (Å²) in [6.45, 7) is 3.85. The van der Waals surface area contributed by atoms with Crippen LogP contribution < -0.4 is 0 Å². The molecule has 0 N–H and O–H groups in total. The first kappa shape index (κ1) is 9.67. The van der Waals surface area contributed by atoms with E-state index in [4.69, 9.17) is 4.52 Å². The highest BCUT2D eigenvalue weighted by Gasteiger charge is 2.05. The van der Waals surface area contributed by atoms with E-state index in [1.165, 1.54) is 0 Å². The second kappa shape index (κ2) is 4.10. The molecule has 0 spiro atoms. The standard InChI is InChI=1S/C8H9N3OS2/c1-5-3-7(12-11-5)4-13-8-10-9-6(2)14-8/h3H,4H2,1-2H3. The molecular weight excluding hydrogens is 218 g/mol. The summed E-state index contributed by atoms with van der Waals surface area (Å²) in [5.74, 6) is 1.63. The van der Waals surface area contributed by atoms with Crippen LogP contribution in [0.3, 0.4) is 0 Å². The predicted molar refractivity (Wildman–Crippen MR) is 55.4 cm³/mol. The molecule has 14 heavy (non-hydrogen) atoms. The molecule has 0 aliphatic carbocycles. The van der Waals surface area contributed by atoms with Gasteiger partial charge in [0.05, 0.1) is 11.4 Å². The first-order chi connectivity index (χ1) is 6.74. The minimum atomic E-state index is 0.759. The van der Waals surface area contributed by atoms with Crippen molar-refractivity contribution >= 4 is 23.1 Å². The fourth-order valence-electron chi connectivity index (χ4n) is 0.954. The fourth-order valence-corrected chi connectivity index (χ4v) is 2.64. The van der Waals surface area contributed by atoms with Gasteiger partial charge in [-0.05, 0) is 13.8 Å². The third-order valence-electron chi connectivity index (χ3n) is 1.52. The lowest BCUT2D eigenvalue weighted by Gasteiger charge is -1.89. The Kier molecular flexibility index (Phi) is 2.83. The van der Waals surface area contributed by atoms with E-state index in [1.807, 2.05) is 19.9 Å². The van der Waals surface area contributed by atoms with Crippen LogP contribution >= 0.6 is 23.1 Å². The van der Waals surface area contributed by atoms with Crippen molar-refractivity contribution in [2.75, 3.05) is 0 Å². The van der Waals surface area contributed by atoms with Gasteiger partial charge in [0.1, 0.15) is 10.8 Å². The summed E-state index contributed by atoms with van der Waals surface area (Å²) in [6, 6.07) is 1.93. The maximum atomic E-state index is 5.08. The van der Waals surface area contributed by atoms with Gasteiger partial charge in [-0.1, -0.05) is 28.3 Å². The number of aryl methyl sites for hydroxylation is 2. The van der Waals surface area contributed by atoms with Gasteiger partial charge in [0.25, 0.3) is 0 Å². The summed E-state index contributed by atoms with van der Waals surface area (Å²) < 4.78 is 6.05. The van der Waals surface area contributed by atoms with Gasteiger partial charge in [0.15, 0.2) is 4.34 Å². The van der Waals surface area contributed by atoms with Crippen LogP contribution in [0.2, 0.25) is 0 Å². The third-order valence-corrected chi connectivity index (χ3v) is 3.52. The molecule has 0 aromatic carbocycles. The topological polar surface area (TPSA) is 51.8 Å². The van der Waals surface area contributed by atoms with Crippen LogP contribution in [0.4, 0.5) is 0 Å². The number of nitrogens with zero attached hydrogens (tertiary/aromatic N) is 3. The molecule has 0 atom stereocenters. The van der Waals surface area contributed by atoms with Crippen molar-refractivity contribution in [3.8, 4) is 0 Å². The van der Waals surface area contributed by atoms with Gasteiger partial charge >= 0.3 is 0 Å². The zero-order chi connectivity index (χ0) is 9.97. The number of rotatable bonds is 3. The normalized spacial score (nSPS) is 10.7. The molecule has 2 heterocycles. The molecular formula is C8H9N3OS2. The minimum Gasteiger partial charge on any atom is -0.360 e. The van der Waals surface area contributed by atoms with Crippen molar-refractivity contribution in [3.63, 3.8) is 0 Å². The summed E-state index contributed by atoms with van der Waals surface area (Å²) in [5.41, 5.74) is 0.911. The van der Waals surface area contributed by atoms with E-state index in [0.717, 1.165) is 26.6 Å². The van der Waals surface area contributed by atoms with Crippen LogP contribution in [-0.2, 0) is 5.75 Å². The van der Waals surface area contributed by atoms with E-state index in [-0.39, 0.29) is 0 Å². The maximum absolute atomic E-state index is 5.08. The number of thioether (sulfide) groups is 1. The molecule has 2 aromatic rings. The SMILES string of the molecule is Cc1cc(CSc2nnc(C)s2)on1. The van der Waals surface area contributed by atoms with E-state index in [1.54, 1.807) is 23.1 Å². The number of hydrogen-bond acceptors (Lipinski definition) is 6. The maximum Gasteiger partial charge on any atom is 0.174 e. The molecule has 4 nitrogen and oxygen atoms in total. The van der Waals surface area contributed by atoms with Gasteiger partial charge in [-0.2, -0.15) is 0 Å². The zero-order valence-corrected chi connectivity index (χ0v) is 9.48. The molecule has 2 aromatic heterocycles. The molecule has 0 saturated heterocycles. The van der Waals surface area contributed by atoms with Gasteiger partial charge in [-0.3, -0.25) is 0 Å². The Balaban J connectivity index is 1.94. The Morgan fingerprint density at radius 3 is 2.86 bits per heavy atom. The zero-order valence-electron chi connectivity index (χ0n) is 7.85. The van der Waals surface area contributed by atoms with Crippen molar-refractivity contribution in [2.45, 2.75) is 23.9 Å². The third kappa shape index (κ3) is 2.33. The van der Waals surface area contributed by atoms with Crippen LogP contribution in [0.5, 0.6) is 0 Å². The molecule has 0 bridgehead atoms. The molecule has 0 aliphatic heterocycles. The van der Waals surface area contributed by atoms with Crippen molar-refractivity contribution < 1.29 is 4.52 Å². The van der Waals surface area contributed by atoms with Gasteiger partial charge in [-0.15, -0.1) is 10.2 Å². The smallest absolute Gasteiger partial charge is 0.174 e. The van der Waals surface area contributed by atoms with Crippen molar-refractivity contribution in [2.24, 2.45) is 0 Å². The second-order valence-electron chi connectivity index (χ2n) is 2.81. The Labute approximate surface area is 89.7 Å². The van der Waals surface area contributed by atoms with Crippen molar-refractivity contribution in [1.29, 1.82) is 0 Å². The lowest BCUT2D eigenvalue weighted by Crippen LogP contribution is -1.75. The Morgan fingerprint density at radius 1 is 1.43 bits per heavy atom. The Bertz CT molecular complexity index is 383. The number of aromatic nitrogens is 3. The Morgan fingerprint density at radius 2 is 2.29 bits per heavy atom. The molecule has 74 valence electrons. The highest BCUT2D eigenvalue weighted by atomic mass is 32.2. The van der Waals surface area contributed by atoms with E-state index < -0.39 is 0 Å². The van der Waals surface area contributed by atoms with E-state index >= 15 is 0 Å². The quantitative estimate of drug-likeness (QED) is 0.754. The highest BCUT2D eigenvalue weighted by Crippen LogP contribution is 2.25. The van der Waals surface area contributed by atoms with Crippen LogP contribution in [0.15, 0.2) is 14.9 Å². The van der Waals surface area contributed by atoms with Crippen LogP contribution in [0.1, 0.15) is 16.5 Å².